The van der Waals surface area contributed by atoms with Gasteiger partial charge in [-0.25, -0.2) is 0 Å². The lowest BCUT2D eigenvalue weighted by molar-refractivity contribution is -0.117. The van der Waals surface area contributed by atoms with Crippen LogP contribution in [0.4, 0.5) is 0 Å². The van der Waals surface area contributed by atoms with Crippen molar-refractivity contribution in [3.05, 3.63) is 29.3 Å². The summed E-state index contributed by atoms with van der Waals surface area (Å²) in [6.07, 6.45) is 1.84. The van der Waals surface area contributed by atoms with Crippen molar-refractivity contribution in [1.82, 2.24) is 5.32 Å². The summed E-state index contributed by atoms with van der Waals surface area (Å²) in [5.74, 6) is 1.44. The van der Waals surface area contributed by atoms with E-state index in [2.05, 4.69) is 5.32 Å². The van der Waals surface area contributed by atoms with E-state index in [1.165, 1.54) is 0 Å². The number of hydrogen-bond donors (Lipinski definition) is 1. The lowest BCUT2D eigenvalue weighted by atomic mass is 10.1. The maximum atomic E-state index is 11.7. The average Bonchev–Trinajstić information content (AvgIpc) is 2.37. The third-order valence-electron chi connectivity index (χ3n) is 2.56. The quantitative estimate of drug-likeness (QED) is 0.862. The Morgan fingerprint density at radius 1 is 1.53 bits per heavy atom. The third-order valence-corrected chi connectivity index (χ3v) is 2.56. The van der Waals surface area contributed by atoms with Crippen LogP contribution in [0.1, 0.15) is 12.5 Å². The molecule has 1 aliphatic rings. The minimum Gasteiger partial charge on any atom is -0.497 e. The number of rotatable bonds is 3. The van der Waals surface area contributed by atoms with Crippen LogP contribution >= 0.6 is 0 Å². The summed E-state index contributed by atoms with van der Waals surface area (Å²) in [6.45, 7) is 2.81. The van der Waals surface area contributed by atoms with Crippen LogP contribution in [0.5, 0.6) is 11.5 Å². The number of amides is 1. The van der Waals surface area contributed by atoms with Gasteiger partial charge in [-0.15, -0.1) is 0 Å². The molecule has 0 fully saturated rings. The van der Waals surface area contributed by atoms with Crippen LogP contribution in [0.15, 0.2) is 23.8 Å². The van der Waals surface area contributed by atoms with E-state index in [0.717, 1.165) is 17.1 Å². The molecule has 90 valence electrons. The van der Waals surface area contributed by atoms with Gasteiger partial charge in [0.05, 0.1) is 12.7 Å². The van der Waals surface area contributed by atoms with E-state index in [1.807, 2.05) is 31.2 Å². The van der Waals surface area contributed by atoms with Gasteiger partial charge in [0.15, 0.2) is 0 Å². The highest BCUT2D eigenvalue weighted by Crippen LogP contribution is 2.29. The summed E-state index contributed by atoms with van der Waals surface area (Å²) in [5.41, 5.74) is 1.50. The number of carbonyl (C=O) groups excluding carboxylic acids is 1. The molecule has 0 saturated carbocycles. The molecule has 4 nitrogen and oxygen atoms in total. The summed E-state index contributed by atoms with van der Waals surface area (Å²) in [4.78, 5) is 11.7. The third kappa shape index (κ3) is 2.41. The first-order valence-electron chi connectivity index (χ1n) is 5.54. The molecule has 0 saturated heterocycles. The van der Waals surface area contributed by atoms with Crippen LogP contribution in [0.2, 0.25) is 0 Å². The van der Waals surface area contributed by atoms with E-state index in [9.17, 15) is 4.79 Å². The van der Waals surface area contributed by atoms with Gasteiger partial charge in [0.1, 0.15) is 18.1 Å². The van der Waals surface area contributed by atoms with Crippen LogP contribution in [-0.4, -0.2) is 26.2 Å². The smallest absolute Gasteiger partial charge is 0.250 e. The highest BCUT2D eigenvalue weighted by atomic mass is 16.5. The highest BCUT2D eigenvalue weighted by molar-refractivity contribution is 5.99. The topological polar surface area (TPSA) is 47.6 Å². The van der Waals surface area contributed by atoms with Gasteiger partial charge in [0, 0.05) is 12.1 Å². The van der Waals surface area contributed by atoms with Crippen molar-refractivity contribution >= 4 is 12.0 Å². The zero-order valence-electron chi connectivity index (χ0n) is 9.95. The van der Waals surface area contributed by atoms with E-state index in [4.69, 9.17) is 9.47 Å². The van der Waals surface area contributed by atoms with Gasteiger partial charge in [-0.3, -0.25) is 4.79 Å². The van der Waals surface area contributed by atoms with Crippen LogP contribution in [0, 0.1) is 0 Å². The summed E-state index contributed by atoms with van der Waals surface area (Å²) >= 11 is 0. The van der Waals surface area contributed by atoms with Gasteiger partial charge in [-0.1, -0.05) is 0 Å². The SMILES string of the molecule is CCNC(=O)C1=Cc2cc(OC)ccc2OC1. The Morgan fingerprint density at radius 3 is 3.06 bits per heavy atom. The Bertz CT molecular complexity index is 466. The average molecular weight is 233 g/mol. The molecule has 0 spiro atoms. The molecule has 0 aromatic heterocycles. The van der Waals surface area contributed by atoms with Gasteiger partial charge in [0.25, 0.3) is 5.91 Å². The van der Waals surface area contributed by atoms with Gasteiger partial charge in [-0.05, 0) is 31.2 Å². The van der Waals surface area contributed by atoms with Crippen molar-refractivity contribution in [2.24, 2.45) is 0 Å². The van der Waals surface area contributed by atoms with Crippen LogP contribution in [-0.2, 0) is 4.79 Å². The number of methoxy groups -OCH3 is 1. The summed E-state index contributed by atoms with van der Waals surface area (Å²) in [7, 11) is 1.61. The zero-order chi connectivity index (χ0) is 12.3. The number of fused-ring (bicyclic) bond motifs is 1. The number of nitrogens with one attached hydrogen (secondary N) is 1. The molecule has 1 aromatic carbocycles. The monoisotopic (exact) mass is 233 g/mol. The molecule has 0 bridgehead atoms. The van der Waals surface area contributed by atoms with Gasteiger partial charge >= 0.3 is 0 Å². The van der Waals surface area contributed by atoms with E-state index in [0.29, 0.717) is 18.7 Å². The van der Waals surface area contributed by atoms with Crippen molar-refractivity contribution in [1.29, 1.82) is 0 Å². The summed E-state index contributed by atoms with van der Waals surface area (Å²) in [5, 5.41) is 2.76. The fraction of sp³-hybridized carbons (Fsp3) is 0.308. The summed E-state index contributed by atoms with van der Waals surface area (Å²) in [6, 6.07) is 5.54. The second-order valence-corrected chi connectivity index (χ2v) is 3.72. The standard InChI is InChI=1S/C13H15NO3/c1-3-14-13(15)10-6-9-7-11(16-2)4-5-12(9)17-8-10/h4-7H,3,8H2,1-2H3,(H,14,15). The van der Waals surface area contributed by atoms with Crippen LogP contribution in [0.3, 0.4) is 0 Å². The maximum absolute atomic E-state index is 11.7. The largest absolute Gasteiger partial charge is 0.497 e. The molecule has 2 rings (SSSR count). The fourth-order valence-corrected chi connectivity index (χ4v) is 1.69. The molecular formula is C13H15NO3. The van der Waals surface area contributed by atoms with Crippen molar-refractivity contribution < 1.29 is 14.3 Å². The molecule has 0 unspecified atom stereocenters. The molecule has 4 heteroatoms. The molecule has 17 heavy (non-hydrogen) atoms. The highest BCUT2D eigenvalue weighted by Gasteiger charge is 2.16. The van der Waals surface area contributed by atoms with E-state index < -0.39 is 0 Å². The number of ether oxygens (including phenoxy) is 2. The van der Waals surface area contributed by atoms with Gasteiger partial charge in [-0.2, -0.15) is 0 Å². The second-order valence-electron chi connectivity index (χ2n) is 3.72. The molecule has 1 amide bonds. The fourth-order valence-electron chi connectivity index (χ4n) is 1.69. The molecule has 0 radical (unpaired) electrons. The minimum absolute atomic E-state index is 0.0824. The van der Waals surface area contributed by atoms with Gasteiger partial charge < -0.3 is 14.8 Å². The first-order chi connectivity index (χ1) is 8.24. The Labute approximate surface area is 100 Å². The van der Waals surface area contributed by atoms with E-state index >= 15 is 0 Å². The first-order valence-corrected chi connectivity index (χ1v) is 5.54. The van der Waals surface area contributed by atoms with Crippen LogP contribution < -0.4 is 14.8 Å². The van der Waals surface area contributed by atoms with Crippen molar-refractivity contribution in [3.63, 3.8) is 0 Å². The Kier molecular flexibility index (Phi) is 3.32. The lowest BCUT2D eigenvalue weighted by Crippen LogP contribution is -2.28. The Hall–Kier alpha value is -1.97. The molecular weight excluding hydrogens is 218 g/mol. The number of hydrogen-bond acceptors (Lipinski definition) is 3. The van der Waals surface area contributed by atoms with E-state index in [-0.39, 0.29) is 5.91 Å². The molecule has 1 aliphatic heterocycles. The lowest BCUT2D eigenvalue weighted by Gasteiger charge is -2.17. The number of likely N-dealkylation sites (N-methyl/N-ethyl adjacent to an activating group) is 1. The molecule has 1 N–H and O–H groups in total. The zero-order valence-corrected chi connectivity index (χ0v) is 9.95. The number of benzene rings is 1. The second kappa shape index (κ2) is 4.91. The predicted molar refractivity (Wildman–Crippen MR) is 65.1 cm³/mol. The van der Waals surface area contributed by atoms with Crippen molar-refractivity contribution in [3.8, 4) is 11.5 Å². The molecule has 1 heterocycles. The minimum atomic E-state index is -0.0824. The van der Waals surface area contributed by atoms with E-state index in [1.54, 1.807) is 7.11 Å². The molecule has 0 atom stereocenters. The first kappa shape index (κ1) is 11.5. The summed E-state index contributed by atoms with van der Waals surface area (Å²) < 4.78 is 10.7. The predicted octanol–water partition coefficient (Wildman–Crippen LogP) is 1.61. The molecule has 0 aliphatic carbocycles. The van der Waals surface area contributed by atoms with Gasteiger partial charge in [0.2, 0.25) is 0 Å². The van der Waals surface area contributed by atoms with Crippen LogP contribution in [0.25, 0.3) is 6.08 Å². The van der Waals surface area contributed by atoms with Crippen molar-refractivity contribution in [2.75, 3.05) is 20.3 Å². The Morgan fingerprint density at radius 2 is 2.35 bits per heavy atom. The maximum Gasteiger partial charge on any atom is 0.250 e. The Balaban J connectivity index is 2.29. The van der Waals surface area contributed by atoms with Crippen molar-refractivity contribution in [2.45, 2.75) is 6.92 Å². The normalized spacial score (nSPS) is 13.2. The number of carbonyl (C=O) groups is 1. The molecule has 1 aromatic rings.